The fourth-order valence-corrected chi connectivity index (χ4v) is 2.64. The van der Waals surface area contributed by atoms with Gasteiger partial charge in [-0.05, 0) is 47.1 Å². The van der Waals surface area contributed by atoms with Crippen molar-refractivity contribution in [2.75, 3.05) is 5.32 Å². The van der Waals surface area contributed by atoms with E-state index >= 15 is 0 Å². The zero-order valence-electron chi connectivity index (χ0n) is 12.6. The first-order chi connectivity index (χ1) is 11.7. The van der Waals surface area contributed by atoms with Gasteiger partial charge in [0.25, 0.3) is 0 Å². The highest BCUT2D eigenvalue weighted by Crippen LogP contribution is 2.30. The van der Waals surface area contributed by atoms with E-state index in [2.05, 4.69) is 36.3 Å². The normalized spacial score (nSPS) is 11.6. The molecule has 25 heavy (non-hydrogen) atoms. The Hall–Kier alpha value is -2.13. The van der Waals surface area contributed by atoms with Gasteiger partial charge >= 0.3 is 6.18 Å². The number of nitrogens with one attached hydrogen (secondary N) is 1. The molecule has 3 rings (SSSR count). The van der Waals surface area contributed by atoms with E-state index in [1.165, 1.54) is 13.1 Å². The van der Waals surface area contributed by atoms with Crippen LogP contribution in [0.1, 0.15) is 11.4 Å². The van der Waals surface area contributed by atoms with Crippen molar-refractivity contribution in [2.24, 2.45) is 0 Å². The van der Waals surface area contributed by atoms with Gasteiger partial charge in [0.2, 0.25) is 5.95 Å². The average Bonchev–Trinajstić information content (AvgIpc) is 2.91. The predicted molar refractivity (Wildman–Crippen MR) is 91.3 cm³/mol. The van der Waals surface area contributed by atoms with Gasteiger partial charge in [0, 0.05) is 22.6 Å². The molecule has 0 aliphatic heterocycles. The van der Waals surface area contributed by atoms with Crippen LogP contribution in [0.15, 0.2) is 41.0 Å². The van der Waals surface area contributed by atoms with E-state index in [1.807, 2.05) is 0 Å². The summed E-state index contributed by atoms with van der Waals surface area (Å²) in [4.78, 5) is 8.34. The topological polar surface area (TPSA) is 55.6 Å². The van der Waals surface area contributed by atoms with Gasteiger partial charge in [0.15, 0.2) is 11.5 Å². The number of nitrogens with zero attached hydrogens (tertiary/aromatic N) is 4. The highest BCUT2D eigenvalue weighted by molar-refractivity contribution is 9.10. The molecule has 0 aliphatic rings. The quantitative estimate of drug-likeness (QED) is 0.622. The minimum atomic E-state index is -4.53. The van der Waals surface area contributed by atoms with Gasteiger partial charge in [-0.25, -0.2) is 9.67 Å². The smallest absolute Gasteiger partial charge is 0.324 e. The number of benzene rings is 1. The average molecular weight is 433 g/mol. The van der Waals surface area contributed by atoms with Gasteiger partial charge in [0.1, 0.15) is 0 Å². The van der Waals surface area contributed by atoms with Crippen LogP contribution >= 0.6 is 27.5 Å². The summed E-state index contributed by atoms with van der Waals surface area (Å²) in [6.07, 6.45) is -3.10. The van der Waals surface area contributed by atoms with Crippen molar-refractivity contribution >= 4 is 39.2 Å². The van der Waals surface area contributed by atoms with E-state index in [0.29, 0.717) is 20.9 Å². The first-order valence-electron chi connectivity index (χ1n) is 6.93. The summed E-state index contributed by atoms with van der Waals surface area (Å²) in [5.41, 5.74) is -0.0470. The van der Waals surface area contributed by atoms with E-state index in [4.69, 9.17) is 11.6 Å². The monoisotopic (exact) mass is 431 g/mol. The molecule has 2 aromatic heterocycles. The third-order valence-electron chi connectivity index (χ3n) is 3.18. The van der Waals surface area contributed by atoms with Crippen LogP contribution in [0.2, 0.25) is 5.02 Å². The van der Waals surface area contributed by atoms with Gasteiger partial charge in [-0.1, -0.05) is 17.7 Å². The molecular formula is C15H10BrClF3N5. The number of alkyl halides is 3. The maximum atomic E-state index is 12.9. The second-order valence-corrected chi connectivity index (χ2v) is 6.37. The summed E-state index contributed by atoms with van der Waals surface area (Å²) in [5, 5.41) is 7.07. The van der Waals surface area contributed by atoms with E-state index in [1.54, 1.807) is 24.3 Å². The summed E-state index contributed by atoms with van der Waals surface area (Å²) in [5.74, 6) is 0.386. The number of rotatable bonds is 3. The Kier molecular flexibility index (Phi) is 4.70. The molecule has 0 saturated heterocycles. The Morgan fingerprint density at radius 3 is 2.64 bits per heavy atom. The molecule has 0 saturated carbocycles. The molecule has 10 heteroatoms. The van der Waals surface area contributed by atoms with Crippen LogP contribution in [0.5, 0.6) is 0 Å². The van der Waals surface area contributed by atoms with Crippen molar-refractivity contribution in [3.63, 3.8) is 0 Å². The largest absolute Gasteiger partial charge is 0.435 e. The second kappa shape index (κ2) is 6.64. The van der Waals surface area contributed by atoms with Crippen LogP contribution in [0.4, 0.5) is 24.8 Å². The molecule has 0 bridgehead atoms. The second-order valence-electron chi connectivity index (χ2n) is 5.08. The number of anilines is 2. The Balaban J connectivity index is 1.99. The lowest BCUT2D eigenvalue weighted by atomic mass is 10.3. The third kappa shape index (κ3) is 3.93. The molecule has 2 heterocycles. The molecule has 0 spiro atoms. The fourth-order valence-electron chi connectivity index (χ4n) is 2.09. The Bertz CT molecular complexity index is 926. The van der Waals surface area contributed by atoms with Gasteiger partial charge < -0.3 is 5.32 Å². The van der Waals surface area contributed by atoms with Gasteiger partial charge in [-0.3, -0.25) is 0 Å². The maximum absolute atomic E-state index is 12.9. The highest BCUT2D eigenvalue weighted by Gasteiger charge is 2.34. The standard InChI is InChI=1S/C15H10BrClF3N5/c1-8-5-12(15(18,19)20)24-25(8)13-11(16)7-21-14(23-13)22-10-4-2-3-9(17)6-10/h2-7H,1H3,(H,21,22,23). The minimum Gasteiger partial charge on any atom is -0.324 e. The van der Waals surface area contributed by atoms with Crippen LogP contribution < -0.4 is 5.32 Å². The van der Waals surface area contributed by atoms with Gasteiger partial charge in [0.05, 0.1) is 4.47 Å². The summed E-state index contributed by atoms with van der Waals surface area (Å²) >= 11 is 9.16. The number of hydrogen-bond donors (Lipinski definition) is 1. The molecule has 0 amide bonds. The van der Waals surface area contributed by atoms with Crippen LogP contribution in [-0.2, 0) is 6.18 Å². The van der Waals surface area contributed by atoms with E-state index in [-0.39, 0.29) is 11.8 Å². The molecule has 1 aromatic carbocycles. The fraction of sp³-hybridized carbons (Fsp3) is 0.133. The van der Waals surface area contributed by atoms with E-state index < -0.39 is 11.9 Å². The van der Waals surface area contributed by atoms with Crippen LogP contribution in [-0.4, -0.2) is 19.7 Å². The number of aromatic nitrogens is 4. The first-order valence-corrected chi connectivity index (χ1v) is 8.10. The number of aryl methyl sites for hydroxylation is 1. The highest BCUT2D eigenvalue weighted by atomic mass is 79.9. The van der Waals surface area contributed by atoms with Crippen molar-refractivity contribution in [1.82, 2.24) is 19.7 Å². The summed E-state index contributed by atoms with van der Waals surface area (Å²) in [6.45, 7) is 1.51. The summed E-state index contributed by atoms with van der Waals surface area (Å²) < 4.78 is 40.1. The summed E-state index contributed by atoms with van der Waals surface area (Å²) in [6, 6.07) is 7.86. The lowest BCUT2D eigenvalue weighted by Crippen LogP contribution is -2.10. The molecule has 130 valence electrons. The molecule has 5 nitrogen and oxygen atoms in total. The molecule has 1 N–H and O–H groups in total. The van der Waals surface area contributed by atoms with Crippen LogP contribution in [0.3, 0.4) is 0 Å². The minimum absolute atomic E-state index is 0.188. The van der Waals surface area contributed by atoms with Crippen molar-refractivity contribution in [1.29, 1.82) is 0 Å². The Morgan fingerprint density at radius 2 is 2.00 bits per heavy atom. The SMILES string of the molecule is Cc1cc(C(F)(F)F)nn1-c1nc(Nc2cccc(Cl)c2)ncc1Br. The van der Waals surface area contributed by atoms with Gasteiger partial charge in [-0.2, -0.15) is 23.3 Å². The molecular weight excluding hydrogens is 423 g/mol. The Morgan fingerprint density at radius 1 is 1.24 bits per heavy atom. The van der Waals surface area contributed by atoms with Crippen molar-refractivity contribution in [2.45, 2.75) is 13.1 Å². The summed E-state index contributed by atoms with van der Waals surface area (Å²) in [7, 11) is 0. The van der Waals surface area contributed by atoms with Gasteiger partial charge in [-0.15, -0.1) is 0 Å². The van der Waals surface area contributed by atoms with Crippen LogP contribution in [0.25, 0.3) is 5.82 Å². The molecule has 0 fully saturated rings. The first kappa shape index (κ1) is 17.7. The van der Waals surface area contributed by atoms with Crippen molar-refractivity contribution in [3.8, 4) is 5.82 Å². The number of halogens is 5. The van der Waals surface area contributed by atoms with Crippen molar-refractivity contribution < 1.29 is 13.2 Å². The predicted octanol–water partition coefficient (Wildman–Crippen LogP) is 5.15. The molecule has 0 atom stereocenters. The lowest BCUT2D eigenvalue weighted by molar-refractivity contribution is -0.141. The molecule has 0 aliphatic carbocycles. The molecule has 0 radical (unpaired) electrons. The zero-order chi connectivity index (χ0) is 18.2. The molecule has 0 unspecified atom stereocenters. The van der Waals surface area contributed by atoms with E-state index in [9.17, 15) is 13.2 Å². The zero-order valence-corrected chi connectivity index (χ0v) is 15.0. The molecule has 3 aromatic rings. The lowest BCUT2D eigenvalue weighted by Gasteiger charge is -2.10. The van der Waals surface area contributed by atoms with Crippen molar-refractivity contribution in [3.05, 3.63) is 57.4 Å². The Labute approximate surface area is 154 Å². The third-order valence-corrected chi connectivity index (χ3v) is 3.98. The maximum Gasteiger partial charge on any atom is 0.435 e. The van der Waals surface area contributed by atoms with E-state index in [0.717, 1.165) is 10.7 Å². The van der Waals surface area contributed by atoms with Crippen LogP contribution in [0, 0.1) is 6.92 Å². The number of hydrogen-bond acceptors (Lipinski definition) is 4.